The summed E-state index contributed by atoms with van der Waals surface area (Å²) in [5.74, 6) is 0. The molecule has 1 N–H and O–H groups in total. The highest BCUT2D eigenvalue weighted by molar-refractivity contribution is 6.30. The quantitative estimate of drug-likeness (QED) is 0.585. The molecule has 6 nitrogen and oxygen atoms in total. The molecule has 0 spiro atoms. The van der Waals surface area contributed by atoms with Crippen LogP contribution in [-0.2, 0) is 24.2 Å². The number of hydrogen-bond acceptors (Lipinski definition) is 4. The van der Waals surface area contributed by atoms with E-state index in [-0.39, 0.29) is 12.7 Å². The lowest BCUT2D eigenvalue weighted by Gasteiger charge is -2.29. The van der Waals surface area contributed by atoms with Gasteiger partial charge in [-0.05, 0) is 61.4 Å². The summed E-state index contributed by atoms with van der Waals surface area (Å²) in [6.45, 7) is 3.14. The smallest absolute Gasteiger partial charge is 0.409 e. The number of aliphatic hydroxyl groups is 1. The standard InChI is InChI=1S/C23H25ClN2O4/c1-2-30-23(28)25-10-7-15(8-11-25)21-19-6-4-18(24)13-16(19)3-5-20-17(14-27)9-12-26(29)22(20)21/h4,6,9,12-13,27H,2-3,5,7-8,10-11,14H2,1H3. The van der Waals surface area contributed by atoms with E-state index in [9.17, 15) is 15.1 Å². The van der Waals surface area contributed by atoms with E-state index in [1.165, 1.54) is 6.20 Å². The second-order valence-electron chi connectivity index (χ2n) is 7.62. The molecular formula is C23H25ClN2O4. The van der Waals surface area contributed by atoms with Gasteiger partial charge >= 0.3 is 6.09 Å². The summed E-state index contributed by atoms with van der Waals surface area (Å²) in [6.07, 6.45) is 3.91. The number of benzene rings is 1. The molecule has 1 amide bonds. The number of aliphatic hydroxyl groups excluding tert-OH is 1. The predicted molar refractivity (Wildman–Crippen MR) is 114 cm³/mol. The first-order valence-electron chi connectivity index (χ1n) is 10.3. The van der Waals surface area contributed by atoms with Gasteiger partial charge in [-0.25, -0.2) is 4.79 Å². The van der Waals surface area contributed by atoms with Crippen molar-refractivity contribution >= 4 is 23.3 Å². The third-order valence-corrected chi connectivity index (χ3v) is 6.17. The minimum absolute atomic E-state index is 0.112. The van der Waals surface area contributed by atoms with Crippen molar-refractivity contribution in [2.24, 2.45) is 0 Å². The van der Waals surface area contributed by atoms with Crippen LogP contribution in [0.5, 0.6) is 0 Å². The van der Waals surface area contributed by atoms with Crippen molar-refractivity contribution in [3.05, 3.63) is 74.2 Å². The van der Waals surface area contributed by atoms with Gasteiger partial charge < -0.3 is 20.0 Å². The topological polar surface area (TPSA) is 76.7 Å². The first kappa shape index (κ1) is 20.7. The Hall–Kier alpha value is -2.57. The number of halogens is 1. The Labute approximate surface area is 180 Å². The number of piperidine rings is 1. The summed E-state index contributed by atoms with van der Waals surface area (Å²) < 4.78 is 6.05. The summed E-state index contributed by atoms with van der Waals surface area (Å²) in [4.78, 5) is 13.8. The number of aromatic nitrogens is 1. The predicted octanol–water partition coefficient (Wildman–Crippen LogP) is 3.62. The number of nitrogens with zero attached hydrogens (tertiary/aromatic N) is 2. The van der Waals surface area contributed by atoms with Crippen molar-refractivity contribution in [2.75, 3.05) is 19.7 Å². The van der Waals surface area contributed by atoms with Crippen LogP contribution in [0, 0.1) is 5.21 Å². The van der Waals surface area contributed by atoms with Gasteiger partial charge in [0.15, 0.2) is 6.20 Å². The molecule has 1 aromatic heterocycles. The van der Waals surface area contributed by atoms with Crippen LogP contribution < -0.4 is 4.73 Å². The molecule has 0 unspecified atom stereocenters. The fraction of sp³-hybridized carbons (Fsp3) is 0.391. The Morgan fingerprint density at radius 3 is 2.70 bits per heavy atom. The van der Waals surface area contributed by atoms with Crippen molar-refractivity contribution in [1.29, 1.82) is 0 Å². The van der Waals surface area contributed by atoms with E-state index in [1.807, 2.05) is 18.2 Å². The van der Waals surface area contributed by atoms with E-state index >= 15 is 0 Å². The zero-order valence-electron chi connectivity index (χ0n) is 17.0. The van der Waals surface area contributed by atoms with Crippen molar-refractivity contribution in [1.82, 2.24) is 4.90 Å². The molecule has 0 radical (unpaired) electrons. The van der Waals surface area contributed by atoms with Gasteiger partial charge in [-0.3, -0.25) is 0 Å². The third kappa shape index (κ3) is 3.77. The molecule has 1 aliphatic carbocycles. The Kier molecular flexibility index (Phi) is 5.97. The number of ether oxygens (including phenoxy) is 1. The summed E-state index contributed by atoms with van der Waals surface area (Å²) in [5, 5.41) is 23.5. The largest absolute Gasteiger partial charge is 0.618 e. The summed E-state index contributed by atoms with van der Waals surface area (Å²) in [7, 11) is 0. The zero-order valence-corrected chi connectivity index (χ0v) is 17.7. The Morgan fingerprint density at radius 2 is 2.00 bits per heavy atom. The van der Waals surface area contributed by atoms with Crippen LogP contribution in [0.2, 0.25) is 5.02 Å². The van der Waals surface area contributed by atoms with Crippen LogP contribution in [0.4, 0.5) is 4.79 Å². The van der Waals surface area contributed by atoms with Crippen LogP contribution in [0.1, 0.15) is 47.7 Å². The molecule has 0 saturated carbocycles. The van der Waals surface area contributed by atoms with Crippen molar-refractivity contribution in [3.63, 3.8) is 0 Å². The van der Waals surface area contributed by atoms with Crippen LogP contribution in [0.3, 0.4) is 0 Å². The van der Waals surface area contributed by atoms with Crippen molar-refractivity contribution in [2.45, 2.75) is 39.2 Å². The van der Waals surface area contributed by atoms with E-state index in [0.717, 1.165) is 44.6 Å². The van der Waals surface area contributed by atoms with E-state index in [1.54, 1.807) is 17.9 Å². The van der Waals surface area contributed by atoms with Gasteiger partial charge in [0.1, 0.15) is 0 Å². The molecule has 0 bridgehead atoms. The minimum Gasteiger partial charge on any atom is -0.618 e. The Morgan fingerprint density at radius 1 is 1.23 bits per heavy atom. The van der Waals surface area contributed by atoms with Gasteiger partial charge in [0.05, 0.1) is 18.8 Å². The Balaban J connectivity index is 1.85. The number of likely N-dealkylation sites (tertiary alicyclic amines) is 1. The SMILES string of the molecule is CCOC(=O)N1CCC(=C2c3ccc(Cl)cc3CCc3c(CO)cc[n+]([O-])c32)CC1. The molecule has 1 fully saturated rings. The molecule has 4 rings (SSSR count). The number of hydrogen-bond donors (Lipinski definition) is 1. The highest BCUT2D eigenvalue weighted by Crippen LogP contribution is 2.39. The molecule has 2 aliphatic rings. The number of pyridine rings is 1. The van der Waals surface area contributed by atoms with Gasteiger partial charge in [-0.2, -0.15) is 4.73 Å². The highest BCUT2D eigenvalue weighted by Gasteiger charge is 2.31. The monoisotopic (exact) mass is 428 g/mol. The second kappa shape index (κ2) is 8.66. The molecule has 158 valence electrons. The van der Waals surface area contributed by atoms with Crippen LogP contribution in [0.25, 0.3) is 5.57 Å². The average Bonchev–Trinajstić information content (AvgIpc) is 2.92. The van der Waals surface area contributed by atoms with E-state index < -0.39 is 0 Å². The number of aryl methyl sites for hydroxylation is 1. The fourth-order valence-electron chi connectivity index (χ4n) is 4.49. The van der Waals surface area contributed by atoms with E-state index in [0.29, 0.717) is 49.7 Å². The average molecular weight is 429 g/mol. The number of fused-ring (bicyclic) bond motifs is 2. The number of amides is 1. The highest BCUT2D eigenvalue weighted by atomic mass is 35.5. The van der Waals surface area contributed by atoms with Gasteiger partial charge in [-0.1, -0.05) is 23.2 Å². The fourth-order valence-corrected chi connectivity index (χ4v) is 4.68. The summed E-state index contributed by atoms with van der Waals surface area (Å²) in [6, 6.07) is 7.49. The minimum atomic E-state index is -0.295. The van der Waals surface area contributed by atoms with Gasteiger partial charge in [0.25, 0.3) is 0 Å². The lowest BCUT2D eigenvalue weighted by Crippen LogP contribution is -2.38. The molecule has 1 aliphatic heterocycles. The Bertz CT molecular complexity index is 1010. The first-order chi connectivity index (χ1) is 14.5. The second-order valence-corrected chi connectivity index (χ2v) is 8.05. The van der Waals surface area contributed by atoms with E-state index in [2.05, 4.69) is 0 Å². The van der Waals surface area contributed by atoms with Crippen LogP contribution >= 0.6 is 11.6 Å². The molecule has 1 aromatic carbocycles. The molecule has 30 heavy (non-hydrogen) atoms. The lowest BCUT2D eigenvalue weighted by molar-refractivity contribution is -0.608. The summed E-state index contributed by atoms with van der Waals surface area (Å²) in [5.41, 5.74) is 6.44. The van der Waals surface area contributed by atoms with Gasteiger partial charge in [0.2, 0.25) is 5.69 Å². The van der Waals surface area contributed by atoms with Gasteiger partial charge in [-0.15, -0.1) is 0 Å². The van der Waals surface area contributed by atoms with E-state index in [4.69, 9.17) is 16.3 Å². The molecule has 0 atom stereocenters. The molecular weight excluding hydrogens is 404 g/mol. The third-order valence-electron chi connectivity index (χ3n) is 5.94. The van der Waals surface area contributed by atoms with Crippen LogP contribution in [-0.4, -0.2) is 35.8 Å². The van der Waals surface area contributed by atoms with Crippen molar-refractivity contribution in [3.8, 4) is 0 Å². The maximum absolute atomic E-state index is 13.0. The van der Waals surface area contributed by atoms with Crippen LogP contribution in [0.15, 0.2) is 36.0 Å². The molecule has 2 heterocycles. The molecule has 1 saturated heterocycles. The first-order valence-corrected chi connectivity index (χ1v) is 10.7. The maximum atomic E-state index is 13.0. The number of carbonyl (C=O) groups is 1. The number of carbonyl (C=O) groups excluding carboxylic acids is 1. The molecule has 7 heteroatoms. The normalized spacial score (nSPS) is 16.0. The lowest BCUT2D eigenvalue weighted by atomic mass is 9.88. The summed E-state index contributed by atoms with van der Waals surface area (Å²) >= 11 is 6.27. The zero-order chi connectivity index (χ0) is 21.3. The van der Waals surface area contributed by atoms with Crippen molar-refractivity contribution < 1.29 is 19.4 Å². The maximum Gasteiger partial charge on any atom is 0.409 e. The molecule has 2 aromatic rings. The number of rotatable bonds is 2. The van der Waals surface area contributed by atoms with Gasteiger partial charge in [0, 0.05) is 29.7 Å².